The molecule has 0 spiro atoms. The number of methoxy groups -OCH3 is 1. The number of hydrogen-bond donors (Lipinski definition) is 1. The lowest BCUT2D eigenvalue weighted by atomic mass is 10.1. The molecule has 1 atom stereocenters. The fraction of sp³-hybridized carbons (Fsp3) is 0.800. The Bertz CT molecular complexity index is 419. The molecule has 0 radical (unpaired) electrons. The van der Waals surface area contributed by atoms with Crippen molar-refractivity contribution in [1.82, 2.24) is 10.3 Å². The molecule has 0 amide bonds. The van der Waals surface area contributed by atoms with Gasteiger partial charge in [0.05, 0.1) is 12.3 Å². The lowest BCUT2D eigenvalue weighted by molar-refractivity contribution is 0.181. The van der Waals surface area contributed by atoms with Crippen molar-refractivity contribution in [2.24, 2.45) is 5.92 Å². The molecule has 1 aliphatic heterocycles. The van der Waals surface area contributed by atoms with Crippen molar-refractivity contribution in [3.8, 4) is 0 Å². The number of ether oxygens (including phenoxy) is 1. The molecule has 20 heavy (non-hydrogen) atoms. The smallest absolute Gasteiger partial charge is 0.185 e. The van der Waals surface area contributed by atoms with Crippen LogP contribution in [0.3, 0.4) is 0 Å². The van der Waals surface area contributed by atoms with Crippen LogP contribution in [0, 0.1) is 5.92 Å². The predicted molar refractivity (Wildman–Crippen MR) is 85.4 cm³/mol. The summed E-state index contributed by atoms with van der Waals surface area (Å²) < 4.78 is 5.29. The van der Waals surface area contributed by atoms with Gasteiger partial charge in [0.25, 0.3) is 0 Å². The van der Waals surface area contributed by atoms with E-state index in [1.54, 1.807) is 7.11 Å². The number of anilines is 1. The minimum absolute atomic E-state index is 0.493. The second kappa shape index (κ2) is 7.38. The van der Waals surface area contributed by atoms with E-state index in [-0.39, 0.29) is 0 Å². The van der Waals surface area contributed by atoms with Crippen molar-refractivity contribution >= 4 is 16.5 Å². The van der Waals surface area contributed by atoms with Gasteiger partial charge in [-0.2, -0.15) is 0 Å². The Hall–Kier alpha value is -0.650. The third kappa shape index (κ3) is 3.93. The monoisotopic (exact) mass is 297 g/mol. The van der Waals surface area contributed by atoms with Crippen molar-refractivity contribution < 1.29 is 4.74 Å². The van der Waals surface area contributed by atoms with Gasteiger partial charge < -0.3 is 15.0 Å². The molecule has 0 saturated carbocycles. The van der Waals surface area contributed by atoms with E-state index < -0.39 is 0 Å². The number of nitrogens with one attached hydrogen (secondary N) is 1. The Labute approximate surface area is 126 Å². The first-order chi connectivity index (χ1) is 9.63. The van der Waals surface area contributed by atoms with E-state index in [2.05, 4.69) is 31.0 Å². The van der Waals surface area contributed by atoms with Gasteiger partial charge in [-0.25, -0.2) is 4.98 Å². The maximum Gasteiger partial charge on any atom is 0.185 e. The average Bonchev–Trinajstić information content (AvgIpc) is 3.03. The summed E-state index contributed by atoms with van der Waals surface area (Å²) in [5.74, 6) is 0.835. The number of nitrogens with zero attached hydrogens (tertiary/aromatic N) is 2. The zero-order valence-corrected chi connectivity index (χ0v) is 13.9. The molecule has 1 unspecified atom stereocenters. The zero-order valence-electron chi connectivity index (χ0n) is 13.1. The number of hydrogen-bond acceptors (Lipinski definition) is 5. The van der Waals surface area contributed by atoms with E-state index in [9.17, 15) is 0 Å². The predicted octanol–water partition coefficient (Wildman–Crippen LogP) is 3.02. The minimum atomic E-state index is 0.493. The summed E-state index contributed by atoms with van der Waals surface area (Å²) in [7, 11) is 1.74. The lowest BCUT2D eigenvalue weighted by Gasteiger charge is -2.14. The van der Waals surface area contributed by atoms with Gasteiger partial charge in [0, 0.05) is 37.7 Å². The third-order valence-electron chi connectivity index (χ3n) is 3.85. The Morgan fingerprint density at radius 3 is 2.90 bits per heavy atom. The van der Waals surface area contributed by atoms with Crippen LogP contribution in [0.1, 0.15) is 44.2 Å². The van der Waals surface area contributed by atoms with Gasteiger partial charge in [-0.15, -0.1) is 11.3 Å². The van der Waals surface area contributed by atoms with E-state index >= 15 is 0 Å². The fourth-order valence-corrected chi connectivity index (χ4v) is 3.58. The first-order valence-electron chi connectivity index (χ1n) is 7.59. The summed E-state index contributed by atoms with van der Waals surface area (Å²) in [6, 6.07) is 0.493. The first-order valence-corrected chi connectivity index (χ1v) is 8.41. The molecule has 114 valence electrons. The van der Waals surface area contributed by atoms with Crippen LogP contribution in [0.4, 0.5) is 5.13 Å². The topological polar surface area (TPSA) is 37.4 Å². The SMILES string of the molecule is CCC1CCN(c2nc(COC)c(CNC(C)C)s2)C1. The van der Waals surface area contributed by atoms with E-state index in [1.807, 2.05) is 11.3 Å². The van der Waals surface area contributed by atoms with Crippen molar-refractivity contribution in [3.63, 3.8) is 0 Å². The van der Waals surface area contributed by atoms with Crippen LogP contribution >= 0.6 is 11.3 Å². The van der Waals surface area contributed by atoms with Gasteiger partial charge in [0.2, 0.25) is 0 Å². The molecule has 2 rings (SSSR count). The number of aromatic nitrogens is 1. The molecular formula is C15H27N3OS. The molecule has 0 bridgehead atoms. The third-order valence-corrected chi connectivity index (χ3v) is 5.01. The van der Waals surface area contributed by atoms with Gasteiger partial charge in [0.15, 0.2) is 5.13 Å². The van der Waals surface area contributed by atoms with Crippen LogP contribution in [-0.2, 0) is 17.9 Å². The molecule has 2 heterocycles. The van der Waals surface area contributed by atoms with E-state index in [0.717, 1.165) is 31.2 Å². The van der Waals surface area contributed by atoms with Crippen LogP contribution in [-0.4, -0.2) is 31.2 Å². The summed E-state index contributed by atoms with van der Waals surface area (Å²) in [5.41, 5.74) is 1.10. The molecule has 4 nitrogen and oxygen atoms in total. The van der Waals surface area contributed by atoms with Crippen molar-refractivity contribution in [2.45, 2.75) is 52.8 Å². The van der Waals surface area contributed by atoms with Crippen molar-refractivity contribution in [2.75, 3.05) is 25.1 Å². The first kappa shape index (κ1) is 15.7. The molecule has 1 aromatic heterocycles. The van der Waals surface area contributed by atoms with Crippen LogP contribution < -0.4 is 10.2 Å². The minimum Gasteiger partial charge on any atom is -0.378 e. The largest absolute Gasteiger partial charge is 0.378 e. The summed E-state index contributed by atoms with van der Waals surface area (Å²) in [6.45, 7) is 10.4. The zero-order chi connectivity index (χ0) is 14.5. The molecule has 1 fully saturated rings. The highest BCUT2D eigenvalue weighted by Crippen LogP contribution is 2.31. The van der Waals surface area contributed by atoms with Gasteiger partial charge in [-0.1, -0.05) is 27.2 Å². The molecule has 0 aliphatic carbocycles. The van der Waals surface area contributed by atoms with Gasteiger partial charge in [-0.05, 0) is 12.3 Å². The van der Waals surface area contributed by atoms with Gasteiger partial charge >= 0.3 is 0 Å². The second-order valence-corrected chi connectivity index (χ2v) is 6.91. The van der Waals surface area contributed by atoms with Crippen molar-refractivity contribution in [1.29, 1.82) is 0 Å². The van der Waals surface area contributed by atoms with E-state index in [4.69, 9.17) is 9.72 Å². The molecule has 1 aromatic rings. The second-order valence-electron chi connectivity index (χ2n) is 5.84. The Morgan fingerprint density at radius 2 is 2.30 bits per heavy atom. The van der Waals surface area contributed by atoms with Crippen LogP contribution in [0.2, 0.25) is 0 Å². The molecule has 0 aromatic carbocycles. The van der Waals surface area contributed by atoms with Crippen molar-refractivity contribution in [3.05, 3.63) is 10.6 Å². The maximum absolute atomic E-state index is 5.29. The van der Waals surface area contributed by atoms with E-state index in [0.29, 0.717) is 12.6 Å². The lowest BCUT2D eigenvalue weighted by Crippen LogP contribution is -2.21. The van der Waals surface area contributed by atoms with Crippen LogP contribution in [0.5, 0.6) is 0 Å². The highest BCUT2D eigenvalue weighted by molar-refractivity contribution is 7.15. The maximum atomic E-state index is 5.29. The Morgan fingerprint density at radius 1 is 1.50 bits per heavy atom. The molecular weight excluding hydrogens is 270 g/mol. The van der Waals surface area contributed by atoms with Crippen LogP contribution in [0.25, 0.3) is 0 Å². The molecule has 1 N–H and O–H groups in total. The summed E-state index contributed by atoms with van der Waals surface area (Å²) in [6.07, 6.45) is 2.57. The summed E-state index contributed by atoms with van der Waals surface area (Å²) in [4.78, 5) is 8.56. The van der Waals surface area contributed by atoms with Gasteiger partial charge in [-0.3, -0.25) is 0 Å². The van der Waals surface area contributed by atoms with E-state index in [1.165, 1.54) is 22.9 Å². The normalized spacial score (nSPS) is 19.2. The Balaban J connectivity index is 2.08. The Kier molecular flexibility index (Phi) is 5.81. The average molecular weight is 297 g/mol. The standard InChI is InChI=1S/C15H27N3OS/c1-5-12-6-7-18(9-12)15-17-13(10-19-4)14(20-15)8-16-11(2)3/h11-12,16H,5-10H2,1-4H3. The number of rotatable bonds is 7. The van der Waals surface area contributed by atoms with Crippen LogP contribution in [0.15, 0.2) is 0 Å². The quantitative estimate of drug-likeness (QED) is 0.839. The van der Waals surface area contributed by atoms with Gasteiger partial charge in [0.1, 0.15) is 0 Å². The highest BCUT2D eigenvalue weighted by atomic mass is 32.1. The summed E-state index contributed by atoms with van der Waals surface area (Å²) in [5, 5.41) is 4.66. The molecule has 1 saturated heterocycles. The molecule has 1 aliphatic rings. The summed E-state index contributed by atoms with van der Waals surface area (Å²) >= 11 is 1.82. The highest BCUT2D eigenvalue weighted by Gasteiger charge is 2.24. The molecule has 5 heteroatoms. The fourth-order valence-electron chi connectivity index (χ4n) is 2.53. The number of thiazole rings is 1.